The molecule has 0 unspecified atom stereocenters. The predicted octanol–water partition coefficient (Wildman–Crippen LogP) is 3.57. The lowest BCUT2D eigenvalue weighted by Gasteiger charge is -2.28. The summed E-state index contributed by atoms with van der Waals surface area (Å²) in [5, 5.41) is 2.82. The Morgan fingerprint density at radius 2 is 1.96 bits per heavy atom. The normalized spacial score (nSPS) is 15.9. The van der Waals surface area contributed by atoms with Crippen LogP contribution in [0.5, 0.6) is 5.88 Å². The van der Waals surface area contributed by atoms with Crippen LogP contribution < -0.4 is 10.1 Å². The lowest BCUT2D eigenvalue weighted by atomic mass is 10.1. The smallest absolute Gasteiger partial charge is 0.257 e. The van der Waals surface area contributed by atoms with Crippen LogP contribution in [-0.2, 0) is 0 Å². The Labute approximate surface area is 150 Å². The van der Waals surface area contributed by atoms with Crippen LogP contribution in [0.3, 0.4) is 0 Å². The summed E-state index contributed by atoms with van der Waals surface area (Å²) in [6.07, 6.45) is 2.17. The summed E-state index contributed by atoms with van der Waals surface area (Å²) in [5.41, 5.74) is 0.570. The Balaban J connectivity index is 1.65. The van der Waals surface area contributed by atoms with Crippen LogP contribution in [0.25, 0.3) is 0 Å². The number of anilines is 1. The van der Waals surface area contributed by atoms with Gasteiger partial charge in [0.15, 0.2) is 0 Å². The highest BCUT2D eigenvalue weighted by molar-refractivity contribution is 9.10. The molecule has 2 heterocycles. The maximum absolute atomic E-state index is 12.3. The summed E-state index contributed by atoms with van der Waals surface area (Å²) in [6.45, 7) is 2.06. The number of hydrogen-bond donors (Lipinski definition) is 1. The van der Waals surface area contributed by atoms with Crippen molar-refractivity contribution in [1.29, 1.82) is 0 Å². The highest BCUT2D eigenvalue weighted by atomic mass is 79.9. The molecule has 0 saturated carbocycles. The van der Waals surface area contributed by atoms with Crippen LogP contribution in [0.2, 0.25) is 0 Å². The molecule has 0 radical (unpaired) electrons. The van der Waals surface area contributed by atoms with E-state index in [2.05, 4.69) is 38.2 Å². The van der Waals surface area contributed by atoms with Crippen LogP contribution in [0.15, 0.2) is 46.9 Å². The van der Waals surface area contributed by atoms with Gasteiger partial charge in [-0.05, 0) is 54.0 Å². The molecule has 1 amide bonds. The van der Waals surface area contributed by atoms with Gasteiger partial charge in [0.25, 0.3) is 5.91 Å². The van der Waals surface area contributed by atoms with Gasteiger partial charge in [0.05, 0.1) is 5.56 Å². The van der Waals surface area contributed by atoms with E-state index in [9.17, 15) is 4.79 Å². The maximum Gasteiger partial charge on any atom is 0.257 e. The third-order valence-electron chi connectivity index (χ3n) is 4.04. The van der Waals surface area contributed by atoms with Crippen LogP contribution in [0.4, 0.5) is 5.82 Å². The molecule has 0 atom stereocenters. The monoisotopic (exact) mass is 389 g/mol. The van der Waals surface area contributed by atoms with Gasteiger partial charge in [0, 0.05) is 23.6 Å². The van der Waals surface area contributed by atoms with Gasteiger partial charge in [-0.1, -0.05) is 18.2 Å². The summed E-state index contributed by atoms with van der Waals surface area (Å²) >= 11 is 3.39. The number of nitrogens with zero attached hydrogens (tertiary/aromatic N) is 2. The molecular weight excluding hydrogens is 370 g/mol. The number of amides is 1. The van der Waals surface area contributed by atoms with Crippen molar-refractivity contribution in [3.63, 3.8) is 0 Å². The molecule has 3 rings (SSSR count). The number of pyridine rings is 1. The Hall–Kier alpha value is -1.92. The average Bonchev–Trinajstić information content (AvgIpc) is 2.58. The molecule has 1 N–H and O–H groups in total. The number of carbonyl (C=O) groups excluding carboxylic acids is 1. The van der Waals surface area contributed by atoms with E-state index in [1.54, 1.807) is 12.1 Å². The summed E-state index contributed by atoms with van der Waals surface area (Å²) < 4.78 is 6.71. The maximum atomic E-state index is 12.3. The standard InChI is InChI=1S/C18H20BrN3O2/c1-22-11-9-13(10-12-22)24-17-8-4-7-16(20-17)21-18(23)14-5-2-3-6-15(14)19/h2-8,13H,9-12H2,1H3,(H,20,21,23). The molecule has 0 bridgehead atoms. The van der Waals surface area contributed by atoms with Crippen molar-refractivity contribution in [3.8, 4) is 5.88 Å². The van der Waals surface area contributed by atoms with Crippen molar-refractivity contribution in [2.75, 3.05) is 25.5 Å². The lowest BCUT2D eigenvalue weighted by Crippen LogP contribution is -2.35. The first-order chi connectivity index (χ1) is 11.6. The number of aromatic nitrogens is 1. The van der Waals surface area contributed by atoms with Gasteiger partial charge in [-0.25, -0.2) is 0 Å². The van der Waals surface area contributed by atoms with E-state index in [1.165, 1.54) is 0 Å². The molecule has 24 heavy (non-hydrogen) atoms. The quantitative estimate of drug-likeness (QED) is 0.868. The van der Waals surface area contributed by atoms with E-state index < -0.39 is 0 Å². The van der Waals surface area contributed by atoms with Gasteiger partial charge in [0.1, 0.15) is 11.9 Å². The molecule has 0 spiro atoms. The third kappa shape index (κ3) is 4.33. The average molecular weight is 390 g/mol. The minimum Gasteiger partial charge on any atom is -0.474 e. The van der Waals surface area contributed by atoms with Gasteiger partial charge < -0.3 is 15.0 Å². The third-order valence-corrected chi connectivity index (χ3v) is 4.73. The molecule has 1 aliphatic heterocycles. The van der Waals surface area contributed by atoms with E-state index in [4.69, 9.17) is 4.74 Å². The Morgan fingerprint density at radius 1 is 1.21 bits per heavy atom. The number of carbonyl (C=O) groups is 1. The van der Waals surface area contributed by atoms with Gasteiger partial charge in [0.2, 0.25) is 5.88 Å². The predicted molar refractivity (Wildman–Crippen MR) is 97.5 cm³/mol. The number of likely N-dealkylation sites (tertiary alicyclic amines) is 1. The minimum absolute atomic E-state index is 0.183. The fourth-order valence-corrected chi connectivity index (χ4v) is 3.12. The number of ether oxygens (including phenoxy) is 1. The highest BCUT2D eigenvalue weighted by Gasteiger charge is 2.18. The fraction of sp³-hybridized carbons (Fsp3) is 0.333. The summed E-state index contributed by atoms with van der Waals surface area (Å²) in [4.78, 5) is 19.0. The number of halogens is 1. The molecule has 1 aromatic heterocycles. The van der Waals surface area contributed by atoms with E-state index in [0.29, 0.717) is 17.3 Å². The van der Waals surface area contributed by atoms with Crippen LogP contribution >= 0.6 is 15.9 Å². The minimum atomic E-state index is -0.202. The van der Waals surface area contributed by atoms with Crippen molar-refractivity contribution in [3.05, 3.63) is 52.5 Å². The second-order valence-corrected chi connectivity index (χ2v) is 6.77. The molecule has 0 aliphatic carbocycles. The summed E-state index contributed by atoms with van der Waals surface area (Å²) in [6, 6.07) is 12.7. The summed E-state index contributed by atoms with van der Waals surface area (Å²) in [7, 11) is 2.12. The second-order valence-electron chi connectivity index (χ2n) is 5.92. The van der Waals surface area contributed by atoms with Gasteiger partial charge >= 0.3 is 0 Å². The molecule has 126 valence electrons. The zero-order valence-corrected chi connectivity index (χ0v) is 15.1. The van der Waals surface area contributed by atoms with Crippen LogP contribution in [0.1, 0.15) is 23.2 Å². The second kappa shape index (κ2) is 7.77. The molecular formula is C18H20BrN3O2. The van der Waals surface area contributed by atoms with Crippen molar-refractivity contribution in [2.24, 2.45) is 0 Å². The van der Waals surface area contributed by atoms with Crippen molar-refractivity contribution >= 4 is 27.7 Å². The first kappa shape index (κ1) is 16.9. The van der Waals surface area contributed by atoms with Gasteiger partial charge in [-0.3, -0.25) is 4.79 Å². The first-order valence-corrected chi connectivity index (χ1v) is 8.79. The van der Waals surface area contributed by atoms with Gasteiger partial charge in [-0.2, -0.15) is 4.98 Å². The molecule has 2 aromatic rings. The van der Waals surface area contributed by atoms with Gasteiger partial charge in [-0.15, -0.1) is 0 Å². The number of hydrogen-bond acceptors (Lipinski definition) is 4. The van der Waals surface area contributed by atoms with Crippen LogP contribution in [-0.4, -0.2) is 42.0 Å². The zero-order chi connectivity index (χ0) is 16.9. The molecule has 1 saturated heterocycles. The van der Waals surface area contributed by atoms with E-state index in [1.807, 2.05) is 30.3 Å². The Morgan fingerprint density at radius 3 is 2.71 bits per heavy atom. The zero-order valence-electron chi connectivity index (χ0n) is 13.5. The molecule has 1 aromatic carbocycles. The van der Waals surface area contributed by atoms with E-state index in [0.717, 1.165) is 30.4 Å². The number of piperidine rings is 1. The first-order valence-electron chi connectivity index (χ1n) is 8.00. The van der Waals surface area contributed by atoms with E-state index >= 15 is 0 Å². The lowest BCUT2D eigenvalue weighted by molar-refractivity contribution is 0.102. The molecule has 1 aliphatic rings. The van der Waals surface area contributed by atoms with E-state index in [-0.39, 0.29) is 12.0 Å². The number of rotatable bonds is 4. The van der Waals surface area contributed by atoms with Crippen LogP contribution in [0, 0.1) is 0 Å². The summed E-state index contributed by atoms with van der Waals surface area (Å²) in [5.74, 6) is 0.835. The largest absolute Gasteiger partial charge is 0.474 e. The molecule has 5 nitrogen and oxygen atoms in total. The SMILES string of the molecule is CN1CCC(Oc2cccc(NC(=O)c3ccccc3Br)n2)CC1. The molecule has 1 fully saturated rings. The number of benzene rings is 1. The Kier molecular flexibility index (Phi) is 5.48. The van der Waals surface area contributed by atoms with Crippen molar-refractivity contribution in [1.82, 2.24) is 9.88 Å². The number of nitrogens with one attached hydrogen (secondary N) is 1. The topological polar surface area (TPSA) is 54.5 Å². The Bertz CT molecular complexity index is 715. The highest BCUT2D eigenvalue weighted by Crippen LogP contribution is 2.20. The van der Waals surface area contributed by atoms with Crippen molar-refractivity contribution < 1.29 is 9.53 Å². The van der Waals surface area contributed by atoms with Crippen molar-refractivity contribution in [2.45, 2.75) is 18.9 Å². The fourth-order valence-electron chi connectivity index (χ4n) is 2.65. The molecule has 6 heteroatoms.